The second-order valence-electron chi connectivity index (χ2n) is 4.38. The highest BCUT2D eigenvalue weighted by Gasteiger charge is 2.09. The largest absolute Gasteiger partial charge is 0.497 e. The van der Waals surface area contributed by atoms with Crippen LogP contribution in [0.1, 0.15) is 22.8 Å². The number of aryl methyl sites for hydroxylation is 2. The summed E-state index contributed by atoms with van der Waals surface area (Å²) in [6.45, 7) is 6.41. The Morgan fingerprint density at radius 3 is 2.56 bits per heavy atom. The van der Waals surface area contributed by atoms with E-state index in [1.807, 2.05) is 37.6 Å². The molecule has 2 rings (SSSR count). The maximum atomic E-state index is 5.91. The molecule has 0 bridgehead atoms. The Morgan fingerprint density at radius 2 is 2.00 bits per heavy atom. The first kappa shape index (κ1) is 12.4. The molecule has 0 aliphatic rings. The Bertz CT molecular complexity index is 575. The predicted octanol–water partition coefficient (Wildman–Crippen LogP) is 1.84. The zero-order valence-electron chi connectivity index (χ0n) is 11.2. The topological polar surface area (TPSA) is 66.0 Å². The van der Waals surface area contributed by atoms with Gasteiger partial charge in [0.25, 0.3) is 0 Å². The summed E-state index contributed by atoms with van der Waals surface area (Å²) in [5.74, 6) is 0.812. The van der Waals surface area contributed by atoms with E-state index in [-0.39, 0.29) is 0 Å². The van der Waals surface area contributed by atoms with Crippen molar-refractivity contribution < 1.29 is 4.74 Å². The quantitative estimate of drug-likeness (QED) is 0.897. The Kier molecular flexibility index (Phi) is 3.23. The van der Waals surface area contributed by atoms with E-state index in [0.29, 0.717) is 6.54 Å². The number of aromatic nitrogens is 3. The van der Waals surface area contributed by atoms with Crippen molar-refractivity contribution in [1.82, 2.24) is 14.8 Å². The fraction of sp³-hybridized carbons (Fsp3) is 0.385. The number of rotatable bonds is 3. The van der Waals surface area contributed by atoms with Crippen LogP contribution in [0.25, 0.3) is 0 Å². The molecule has 0 spiro atoms. The average molecular weight is 246 g/mol. The lowest BCUT2D eigenvalue weighted by Crippen LogP contribution is -2.07. The van der Waals surface area contributed by atoms with Gasteiger partial charge in [-0.1, -0.05) is 0 Å². The molecule has 0 saturated carbocycles. The number of methoxy groups -OCH3 is 1. The fourth-order valence-electron chi connectivity index (χ4n) is 1.92. The van der Waals surface area contributed by atoms with Crippen LogP contribution in [0, 0.1) is 20.8 Å². The highest BCUT2D eigenvalue weighted by Crippen LogP contribution is 2.18. The Morgan fingerprint density at radius 1 is 1.28 bits per heavy atom. The Balaban J connectivity index is 2.33. The maximum absolute atomic E-state index is 5.91. The van der Waals surface area contributed by atoms with E-state index in [0.717, 1.165) is 34.2 Å². The Labute approximate surface area is 107 Å². The van der Waals surface area contributed by atoms with Crippen molar-refractivity contribution in [1.29, 1.82) is 0 Å². The number of nitrogens with zero attached hydrogens (tertiary/aromatic N) is 3. The van der Waals surface area contributed by atoms with Crippen molar-refractivity contribution >= 4 is 5.69 Å². The number of hydrogen-bond donors (Lipinski definition) is 1. The number of pyridine rings is 1. The van der Waals surface area contributed by atoms with Crippen molar-refractivity contribution in [3.8, 4) is 5.75 Å². The predicted molar refractivity (Wildman–Crippen MR) is 70.7 cm³/mol. The number of anilines is 1. The van der Waals surface area contributed by atoms with Gasteiger partial charge in [-0.3, -0.25) is 9.67 Å². The first-order chi connectivity index (χ1) is 8.51. The van der Waals surface area contributed by atoms with Gasteiger partial charge in [0.15, 0.2) is 0 Å². The maximum Gasteiger partial charge on any atom is 0.122 e. The van der Waals surface area contributed by atoms with Crippen molar-refractivity contribution in [2.24, 2.45) is 0 Å². The lowest BCUT2D eigenvalue weighted by molar-refractivity contribution is 0.412. The molecule has 0 radical (unpaired) electrons. The van der Waals surface area contributed by atoms with Crippen LogP contribution in [0.3, 0.4) is 0 Å². The van der Waals surface area contributed by atoms with Gasteiger partial charge in [-0.2, -0.15) is 5.10 Å². The first-order valence-corrected chi connectivity index (χ1v) is 5.82. The van der Waals surface area contributed by atoms with Gasteiger partial charge in [0.2, 0.25) is 0 Å². The monoisotopic (exact) mass is 246 g/mol. The highest BCUT2D eigenvalue weighted by molar-refractivity contribution is 5.47. The van der Waals surface area contributed by atoms with Crippen molar-refractivity contribution in [2.75, 3.05) is 12.8 Å². The minimum atomic E-state index is 0.599. The fourth-order valence-corrected chi connectivity index (χ4v) is 1.92. The second-order valence-corrected chi connectivity index (χ2v) is 4.38. The molecular formula is C13H18N4O. The number of hydrogen-bond acceptors (Lipinski definition) is 4. The molecule has 96 valence electrons. The van der Waals surface area contributed by atoms with E-state index in [1.165, 1.54) is 0 Å². The molecule has 2 N–H and O–H groups in total. The van der Waals surface area contributed by atoms with Gasteiger partial charge < -0.3 is 10.5 Å². The number of ether oxygens (including phenoxy) is 1. The molecule has 2 aromatic rings. The van der Waals surface area contributed by atoms with Gasteiger partial charge in [0.05, 0.1) is 36.4 Å². The standard InChI is InChI=1S/C13H18N4O/c1-8-5-12(18-4)6-11(15-8)7-17-10(3)13(14)9(2)16-17/h5-6H,7,14H2,1-4H3. The summed E-state index contributed by atoms with van der Waals surface area (Å²) < 4.78 is 7.11. The van der Waals surface area contributed by atoms with Crippen LogP contribution in [0.2, 0.25) is 0 Å². The van der Waals surface area contributed by atoms with Crippen molar-refractivity contribution in [3.05, 3.63) is 34.9 Å². The summed E-state index contributed by atoms with van der Waals surface area (Å²) in [6, 6.07) is 3.82. The van der Waals surface area contributed by atoms with Crippen molar-refractivity contribution in [3.63, 3.8) is 0 Å². The van der Waals surface area contributed by atoms with E-state index in [1.54, 1.807) is 7.11 Å². The molecule has 0 aliphatic heterocycles. The molecule has 0 amide bonds. The van der Waals surface area contributed by atoms with Gasteiger partial charge in [-0.15, -0.1) is 0 Å². The minimum Gasteiger partial charge on any atom is -0.497 e. The highest BCUT2D eigenvalue weighted by atomic mass is 16.5. The molecule has 0 aromatic carbocycles. The van der Waals surface area contributed by atoms with Gasteiger partial charge in [0, 0.05) is 17.8 Å². The van der Waals surface area contributed by atoms with Crippen molar-refractivity contribution in [2.45, 2.75) is 27.3 Å². The summed E-state index contributed by atoms with van der Waals surface area (Å²) in [6.07, 6.45) is 0. The molecule has 0 saturated heterocycles. The van der Waals surface area contributed by atoms with Crippen LogP contribution in [0.15, 0.2) is 12.1 Å². The summed E-state index contributed by atoms with van der Waals surface area (Å²) >= 11 is 0. The van der Waals surface area contributed by atoms with E-state index in [4.69, 9.17) is 10.5 Å². The van der Waals surface area contributed by atoms with E-state index in [2.05, 4.69) is 10.1 Å². The summed E-state index contributed by atoms with van der Waals surface area (Å²) in [7, 11) is 1.65. The van der Waals surface area contributed by atoms with E-state index >= 15 is 0 Å². The van der Waals surface area contributed by atoms with Crippen LogP contribution >= 0.6 is 0 Å². The number of nitrogens with two attached hydrogens (primary N) is 1. The molecule has 0 aliphatic carbocycles. The third kappa shape index (κ3) is 2.30. The zero-order chi connectivity index (χ0) is 13.3. The third-order valence-corrected chi connectivity index (χ3v) is 2.96. The lowest BCUT2D eigenvalue weighted by atomic mass is 10.3. The molecule has 5 heteroatoms. The zero-order valence-corrected chi connectivity index (χ0v) is 11.2. The van der Waals surface area contributed by atoms with Crippen LogP contribution < -0.4 is 10.5 Å². The van der Waals surface area contributed by atoms with Crippen LogP contribution in [-0.2, 0) is 6.54 Å². The average Bonchev–Trinajstić information content (AvgIpc) is 2.56. The molecule has 0 unspecified atom stereocenters. The summed E-state index contributed by atoms with van der Waals surface area (Å²) in [5.41, 5.74) is 10.3. The third-order valence-electron chi connectivity index (χ3n) is 2.96. The second kappa shape index (κ2) is 4.68. The molecule has 18 heavy (non-hydrogen) atoms. The minimum absolute atomic E-state index is 0.599. The molecule has 0 fully saturated rings. The van der Waals surface area contributed by atoms with Gasteiger partial charge in [-0.25, -0.2) is 0 Å². The van der Waals surface area contributed by atoms with Gasteiger partial charge >= 0.3 is 0 Å². The first-order valence-electron chi connectivity index (χ1n) is 5.82. The van der Waals surface area contributed by atoms with Gasteiger partial charge in [0.1, 0.15) is 5.75 Å². The van der Waals surface area contributed by atoms with Crippen LogP contribution in [0.4, 0.5) is 5.69 Å². The van der Waals surface area contributed by atoms with Crippen LogP contribution in [0.5, 0.6) is 5.75 Å². The summed E-state index contributed by atoms with van der Waals surface area (Å²) in [5, 5.41) is 4.40. The SMILES string of the molecule is COc1cc(C)nc(Cn2nc(C)c(N)c2C)c1. The smallest absolute Gasteiger partial charge is 0.122 e. The van der Waals surface area contributed by atoms with Crippen LogP contribution in [-0.4, -0.2) is 21.9 Å². The molecule has 2 heterocycles. The molecule has 2 aromatic heterocycles. The van der Waals surface area contributed by atoms with E-state index in [9.17, 15) is 0 Å². The van der Waals surface area contributed by atoms with E-state index < -0.39 is 0 Å². The molecule has 5 nitrogen and oxygen atoms in total. The Hall–Kier alpha value is -2.04. The normalized spacial score (nSPS) is 10.7. The summed E-state index contributed by atoms with van der Waals surface area (Å²) in [4.78, 5) is 4.48. The van der Waals surface area contributed by atoms with Gasteiger partial charge in [-0.05, 0) is 20.8 Å². The molecular weight excluding hydrogens is 228 g/mol. The molecule has 0 atom stereocenters. The number of nitrogen functional groups attached to an aromatic ring is 1. The lowest BCUT2D eigenvalue weighted by Gasteiger charge is -2.07.